The monoisotopic (exact) mass is 245 g/mol. The minimum Gasteiger partial charge on any atom is -0.465 e. The molecule has 0 aromatic carbocycles. The summed E-state index contributed by atoms with van der Waals surface area (Å²) in [6.45, 7) is 0. The highest BCUT2D eigenvalue weighted by Gasteiger charge is 2.37. The van der Waals surface area contributed by atoms with Gasteiger partial charge in [-0.1, -0.05) is 12.8 Å². The fraction of sp³-hybridized carbons (Fsp3) is 0.533. The van der Waals surface area contributed by atoms with Crippen LogP contribution in [0.4, 0.5) is 0 Å². The normalized spacial score (nSPS) is 20.7. The van der Waals surface area contributed by atoms with Crippen molar-refractivity contribution in [3.05, 3.63) is 30.2 Å². The first kappa shape index (κ1) is 11.6. The Morgan fingerprint density at radius 2 is 1.94 bits per heavy atom. The van der Waals surface area contributed by atoms with Gasteiger partial charge < -0.3 is 9.32 Å². The molecule has 2 aliphatic carbocycles. The van der Waals surface area contributed by atoms with Gasteiger partial charge in [-0.15, -0.1) is 0 Å². The van der Waals surface area contributed by atoms with Gasteiger partial charge in [0.15, 0.2) is 0 Å². The molecule has 1 amide bonds. The van der Waals surface area contributed by atoms with Crippen LogP contribution in [0.15, 0.2) is 28.9 Å². The smallest absolute Gasteiger partial charge is 0.247 e. The zero-order valence-electron chi connectivity index (χ0n) is 10.5. The summed E-state index contributed by atoms with van der Waals surface area (Å²) in [7, 11) is 0. The van der Waals surface area contributed by atoms with E-state index in [9.17, 15) is 4.79 Å². The highest BCUT2D eigenvalue weighted by Crippen LogP contribution is 2.34. The molecule has 96 valence electrons. The highest BCUT2D eigenvalue weighted by molar-refractivity contribution is 5.92. The first-order valence-electron chi connectivity index (χ1n) is 6.88. The molecule has 1 heterocycles. The Morgan fingerprint density at radius 3 is 2.56 bits per heavy atom. The Balaban J connectivity index is 1.68. The molecule has 1 aromatic heterocycles. The van der Waals surface area contributed by atoms with Crippen LogP contribution in [-0.4, -0.2) is 22.9 Å². The second-order valence-electron chi connectivity index (χ2n) is 5.26. The van der Waals surface area contributed by atoms with Gasteiger partial charge in [-0.05, 0) is 43.9 Å². The molecular weight excluding hydrogens is 226 g/mol. The third-order valence-electron chi connectivity index (χ3n) is 3.85. The first-order valence-corrected chi connectivity index (χ1v) is 6.88. The van der Waals surface area contributed by atoms with Gasteiger partial charge in [0.05, 0.1) is 6.26 Å². The van der Waals surface area contributed by atoms with Gasteiger partial charge in [0, 0.05) is 18.2 Å². The Hall–Kier alpha value is -1.51. The summed E-state index contributed by atoms with van der Waals surface area (Å²) in [5, 5.41) is 0. The van der Waals surface area contributed by atoms with Crippen LogP contribution in [0.5, 0.6) is 0 Å². The predicted molar refractivity (Wildman–Crippen MR) is 69.9 cm³/mol. The number of carbonyl (C=O) groups excluding carboxylic acids is 1. The number of hydrogen-bond acceptors (Lipinski definition) is 2. The van der Waals surface area contributed by atoms with Crippen LogP contribution in [0.1, 0.15) is 44.3 Å². The van der Waals surface area contributed by atoms with Gasteiger partial charge in [0.25, 0.3) is 0 Å². The van der Waals surface area contributed by atoms with Crippen molar-refractivity contribution in [1.82, 2.24) is 4.90 Å². The number of hydrogen-bond donors (Lipinski definition) is 0. The number of amides is 1. The van der Waals surface area contributed by atoms with E-state index >= 15 is 0 Å². The molecule has 0 radical (unpaired) electrons. The molecule has 0 unspecified atom stereocenters. The highest BCUT2D eigenvalue weighted by atomic mass is 16.3. The topological polar surface area (TPSA) is 33.5 Å². The molecule has 0 spiro atoms. The summed E-state index contributed by atoms with van der Waals surface area (Å²) < 4.78 is 5.21. The van der Waals surface area contributed by atoms with Crippen LogP contribution in [0.2, 0.25) is 0 Å². The van der Waals surface area contributed by atoms with Crippen molar-refractivity contribution in [2.24, 2.45) is 0 Å². The summed E-state index contributed by atoms with van der Waals surface area (Å²) in [4.78, 5) is 14.4. The van der Waals surface area contributed by atoms with Crippen molar-refractivity contribution in [2.75, 3.05) is 0 Å². The predicted octanol–water partition coefficient (Wildman–Crippen LogP) is 3.23. The van der Waals surface area contributed by atoms with Gasteiger partial charge >= 0.3 is 0 Å². The minimum absolute atomic E-state index is 0.154. The lowest BCUT2D eigenvalue weighted by Crippen LogP contribution is -2.39. The maximum atomic E-state index is 12.3. The van der Waals surface area contributed by atoms with Crippen molar-refractivity contribution < 1.29 is 9.21 Å². The second kappa shape index (κ2) is 5.01. The number of furan rings is 1. The van der Waals surface area contributed by atoms with E-state index < -0.39 is 0 Å². The van der Waals surface area contributed by atoms with Crippen LogP contribution in [-0.2, 0) is 4.79 Å². The first-order chi connectivity index (χ1) is 8.84. The van der Waals surface area contributed by atoms with Crippen LogP contribution >= 0.6 is 0 Å². The number of nitrogens with zero attached hydrogens (tertiary/aromatic N) is 1. The van der Waals surface area contributed by atoms with Crippen LogP contribution < -0.4 is 0 Å². The second-order valence-corrected chi connectivity index (χ2v) is 5.26. The molecular formula is C15H19NO2. The van der Waals surface area contributed by atoms with E-state index in [-0.39, 0.29) is 5.91 Å². The van der Waals surface area contributed by atoms with E-state index in [2.05, 4.69) is 4.90 Å². The van der Waals surface area contributed by atoms with E-state index in [0.717, 1.165) is 5.76 Å². The summed E-state index contributed by atoms with van der Waals surface area (Å²) in [6, 6.07) is 4.67. The van der Waals surface area contributed by atoms with Crippen LogP contribution in [0.25, 0.3) is 6.08 Å². The molecule has 0 bridgehead atoms. The van der Waals surface area contributed by atoms with E-state index in [4.69, 9.17) is 4.42 Å². The van der Waals surface area contributed by atoms with Crippen molar-refractivity contribution in [3.63, 3.8) is 0 Å². The maximum Gasteiger partial charge on any atom is 0.247 e. The third-order valence-corrected chi connectivity index (χ3v) is 3.85. The molecule has 2 saturated carbocycles. The molecule has 3 nitrogen and oxygen atoms in total. The number of rotatable bonds is 4. The third kappa shape index (κ3) is 2.50. The Labute approximate surface area is 107 Å². The molecule has 3 rings (SSSR count). The SMILES string of the molecule is O=C(/C=C/c1ccco1)N(C1CCCC1)C1CC1. The van der Waals surface area contributed by atoms with E-state index in [1.807, 2.05) is 12.1 Å². The molecule has 18 heavy (non-hydrogen) atoms. The molecule has 0 N–H and O–H groups in total. The average molecular weight is 245 g/mol. The molecule has 0 aliphatic heterocycles. The Bertz CT molecular complexity index is 425. The van der Waals surface area contributed by atoms with Gasteiger partial charge in [-0.25, -0.2) is 0 Å². The minimum atomic E-state index is 0.154. The summed E-state index contributed by atoms with van der Waals surface area (Å²) >= 11 is 0. The fourth-order valence-corrected chi connectivity index (χ4v) is 2.82. The van der Waals surface area contributed by atoms with E-state index in [0.29, 0.717) is 12.1 Å². The molecule has 1 aromatic rings. The fourth-order valence-electron chi connectivity index (χ4n) is 2.82. The van der Waals surface area contributed by atoms with E-state index in [1.165, 1.54) is 38.5 Å². The average Bonchev–Trinajstić information content (AvgIpc) is 2.86. The molecule has 2 fully saturated rings. The zero-order chi connectivity index (χ0) is 12.4. The standard InChI is InChI=1S/C15H19NO2/c17-15(10-9-14-6-3-11-18-14)16(13-7-8-13)12-4-1-2-5-12/h3,6,9-13H,1-2,4-5,7-8H2/b10-9+. The summed E-state index contributed by atoms with van der Waals surface area (Å²) in [6.07, 6.45) is 12.3. The lowest BCUT2D eigenvalue weighted by molar-refractivity contribution is -0.128. The van der Waals surface area contributed by atoms with Gasteiger partial charge in [-0.2, -0.15) is 0 Å². The van der Waals surface area contributed by atoms with Crippen molar-refractivity contribution in [2.45, 2.75) is 50.6 Å². The Morgan fingerprint density at radius 1 is 1.22 bits per heavy atom. The van der Waals surface area contributed by atoms with Crippen molar-refractivity contribution >= 4 is 12.0 Å². The van der Waals surface area contributed by atoms with E-state index in [1.54, 1.807) is 18.4 Å². The Kier molecular flexibility index (Phi) is 3.22. The van der Waals surface area contributed by atoms with Gasteiger partial charge in [0.1, 0.15) is 5.76 Å². The van der Waals surface area contributed by atoms with Crippen molar-refractivity contribution in [1.29, 1.82) is 0 Å². The molecule has 3 heteroatoms. The number of carbonyl (C=O) groups is 1. The van der Waals surface area contributed by atoms with Gasteiger partial charge in [-0.3, -0.25) is 4.79 Å². The summed E-state index contributed by atoms with van der Waals surface area (Å²) in [5.74, 6) is 0.895. The van der Waals surface area contributed by atoms with Crippen LogP contribution in [0, 0.1) is 0 Å². The summed E-state index contributed by atoms with van der Waals surface area (Å²) in [5.41, 5.74) is 0. The molecule has 0 saturated heterocycles. The molecule has 2 aliphatic rings. The maximum absolute atomic E-state index is 12.3. The lowest BCUT2D eigenvalue weighted by Gasteiger charge is -2.27. The van der Waals surface area contributed by atoms with Crippen molar-refractivity contribution in [3.8, 4) is 0 Å². The van der Waals surface area contributed by atoms with Gasteiger partial charge in [0.2, 0.25) is 5.91 Å². The largest absolute Gasteiger partial charge is 0.465 e. The zero-order valence-corrected chi connectivity index (χ0v) is 10.5. The quantitative estimate of drug-likeness (QED) is 0.763. The lowest BCUT2D eigenvalue weighted by atomic mass is 10.2. The molecule has 0 atom stereocenters. The van der Waals surface area contributed by atoms with Crippen LogP contribution in [0.3, 0.4) is 0 Å².